The van der Waals surface area contributed by atoms with Crippen molar-refractivity contribution in [1.29, 1.82) is 0 Å². The molecule has 0 saturated carbocycles. The van der Waals surface area contributed by atoms with E-state index >= 15 is 0 Å². The Labute approximate surface area is 65.6 Å². The third-order valence-electron chi connectivity index (χ3n) is 1.19. The van der Waals surface area contributed by atoms with Crippen LogP contribution in [0.2, 0.25) is 0 Å². The molecule has 1 aromatic heterocycles. The van der Waals surface area contributed by atoms with E-state index in [9.17, 15) is 13.6 Å². The van der Waals surface area contributed by atoms with Crippen LogP contribution in [0.5, 0.6) is 0 Å². The Morgan fingerprint density at radius 1 is 1.75 bits per heavy atom. The SMILES string of the molecule is Cn1ncc(C(F)(F)C(=O)O)n1. The summed E-state index contributed by atoms with van der Waals surface area (Å²) in [5, 5.41) is 14.6. The normalized spacial score (nSPS) is 11.6. The summed E-state index contributed by atoms with van der Waals surface area (Å²) in [6.07, 6.45) is 0.716. The van der Waals surface area contributed by atoms with Crippen LogP contribution < -0.4 is 0 Å². The number of alkyl halides is 2. The molecule has 0 aliphatic heterocycles. The van der Waals surface area contributed by atoms with E-state index in [-0.39, 0.29) is 0 Å². The van der Waals surface area contributed by atoms with Gasteiger partial charge in [-0.3, -0.25) is 0 Å². The highest BCUT2D eigenvalue weighted by molar-refractivity contribution is 5.76. The zero-order valence-corrected chi connectivity index (χ0v) is 6.03. The first-order chi connectivity index (χ1) is 5.44. The Morgan fingerprint density at radius 2 is 2.33 bits per heavy atom. The standard InChI is InChI=1S/C5H5F2N3O2/c1-10-8-2-3(9-10)5(6,7)4(11)12/h2H,1H3,(H,11,12). The molecule has 0 unspecified atom stereocenters. The molecule has 0 amide bonds. The first-order valence-electron chi connectivity index (χ1n) is 2.92. The number of nitrogens with zero attached hydrogens (tertiary/aromatic N) is 3. The molecule has 0 bridgehead atoms. The third kappa shape index (κ3) is 1.25. The van der Waals surface area contributed by atoms with Crippen LogP contribution in [0, 0.1) is 0 Å². The fourth-order valence-electron chi connectivity index (χ4n) is 0.599. The maximum atomic E-state index is 12.6. The van der Waals surface area contributed by atoms with Crippen molar-refractivity contribution in [3.63, 3.8) is 0 Å². The van der Waals surface area contributed by atoms with Gasteiger partial charge < -0.3 is 5.11 Å². The molecule has 1 rings (SSSR count). The van der Waals surface area contributed by atoms with E-state index in [4.69, 9.17) is 5.11 Å². The summed E-state index contributed by atoms with van der Waals surface area (Å²) in [6, 6.07) is 0. The Balaban J connectivity index is 3.05. The second kappa shape index (κ2) is 2.50. The zero-order chi connectivity index (χ0) is 9.35. The van der Waals surface area contributed by atoms with Gasteiger partial charge in [0.15, 0.2) is 5.69 Å². The number of aliphatic carboxylic acids is 1. The van der Waals surface area contributed by atoms with Gasteiger partial charge in [-0.15, -0.1) is 0 Å². The predicted octanol–water partition coefficient (Wildman–Crippen LogP) is -0.00850. The van der Waals surface area contributed by atoms with Gasteiger partial charge in [0.2, 0.25) is 0 Å². The van der Waals surface area contributed by atoms with Crippen molar-refractivity contribution in [2.24, 2.45) is 7.05 Å². The van der Waals surface area contributed by atoms with E-state index in [1.54, 1.807) is 0 Å². The predicted molar refractivity (Wildman–Crippen MR) is 32.5 cm³/mol. The average molecular weight is 177 g/mol. The van der Waals surface area contributed by atoms with Gasteiger partial charge in [-0.2, -0.15) is 23.8 Å². The lowest BCUT2D eigenvalue weighted by molar-refractivity contribution is -0.167. The molecule has 0 aliphatic rings. The number of rotatable bonds is 2. The third-order valence-corrected chi connectivity index (χ3v) is 1.19. The number of carboxylic acid groups (broad SMARTS) is 1. The van der Waals surface area contributed by atoms with Gasteiger partial charge in [0, 0.05) is 7.05 Å². The second-order valence-electron chi connectivity index (χ2n) is 2.10. The van der Waals surface area contributed by atoms with Crippen LogP contribution in [0.4, 0.5) is 8.78 Å². The number of aromatic nitrogens is 3. The molecular formula is C5H5F2N3O2. The monoisotopic (exact) mass is 177 g/mol. The van der Waals surface area contributed by atoms with Crippen LogP contribution >= 0.6 is 0 Å². The number of aryl methyl sites for hydroxylation is 1. The number of hydrogen-bond donors (Lipinski definition) is 1. The van der Waals surface area contributed by atoms with Gasteiger partial charge in [-0.05, 0) is 0 Å². The van der Waals surface area contributed by atoms with Crippen molar-refractivity contribution < 1.29 is 18.7 Å². The van der Waals surface area contributed by atoms with E-state index < -0.39 is 17.6 Å². The molecule has 1 heterocycles. The molecule has 0 spiro atoms. The van der Waals surface area contributed by atoms with Crippen LogP contribution in [0.25, 0.3) is 0 Å². The molecule has 66 valence electrons. The van der Waals surface area contributed by atoms with Crippen LogP contribution in [0.3, 0.4) is 0 Å². The van der Waals surface area contributed by atoms with Crippen molar-refractivity contribution in [2.75, 3.05) is 0 Å². The molecule has 0 aromatic carbocycles. The molecular weight excluding hydrogens is 172 g/mol. The maximum Gasteiger partial charge on any atom is 0.387 e. The highest BCUT2D eigenvalue weighted by Gasteiger charge is 2.43. The summed E-state index contributed by atoms with van der Waals surface area (Å²) in [5.74, 6) is -6.20. The molecule has 7 heteroatoms. The van der Waals surface area contributed by atoms with Crippen LogP contribution in [0.15, 0.2) is 6.20 Å². The summed E-state index contributed by atoms with van der Waals surface area (Å²) in [5.41, 5.74) is -0.863. The summed E-state index contributed by atoms with van der Waals surface area (Å²) < 4.78 is 25.2. The topological polar surface area (TPSA) is 68.0 Å². The summed E-state index contributed by atoms with van der Waals surface area (Å²) in [6.45, 7) is 0. The lowest BCUT2D eigenvalue weighted by atomic mass is 10.3. The fraction of sp³-hybridized carbons (Fsp3) is 0.400. The highest BCUT2D eigenvalue weighted by atomic mass is 19.3. The molecule has 5 nitrogen and oxygen atoms in total. The van der Waals surface area contributed by atoms with Gasteiger partial charge >= 0.3 is 11.9 Å². The molecule has 12 heavy (non-hydrogen) atoms. The molecule has 0 fully saturated rings. The number of hydrogen-bond acceptors (Lipinski definition) is 3. The number of halogens is 2. The quantitative estimate of drug-likeness (QED) is 0.689. The van der Waals surface area contributed by atoms with E-state index in [0.717, 1.165) is 4.80 Å². The van der Waals surface area contributed by atoms with Crippen molar-refractivity contribution >= 4 is 5.97 Å². The molecule has 0 aliphatic carbocycles. The Bertz CT molecular complexity index is 309. The van der Waals surface area contributed by atoms with Gasteiger partial charge in [0.25, 0.3) is 0 Å². The van der Waals surface area contributed by atoms with Crippen LogP contribution in [0.1, 0.15) is 5.69 Å². The Hall–Kier alpha value is -1.53. The first-order valence-corrected chi connectivity index (χ1v) is 2.92. The minimum Gasteiger partial charge on any atom is -0.476 e. The lowest BCUT2D eigenvalue weighted by Gasteiger charge is -2.05. The smallest absolute Gasteiger partial charge is 0.387 e. The lowest BCUT2D eigenvalue weighted by Crippen LogP contribution is -2.26. The largest absolute Gasteiger partial charge is 0.476 e. The van der Waals surface area contributed by atoms with Gasteiger partial charge in [0.05, 0.1) is 6.20 Å². The maximum absolute atomic E-state index is 12.6. The fourth-order valence-corrected chi connectivity index (χ4v) is 0.599. The van der Waals surface area contributed by atoms with Crippen LogP contribution in [-0.2, 0) is 17.8 Å². The van der Waals surface area contributed by atoms with Gasteiger partial charge in [-0.25, -0.2) is 4.79 Å². The molecule has 1 N–H and O–H groups in total. The first kappa shape index (κ1) is 8.57. The van der Waals surface area contributed by atoms with E-state index in [1.165, 1.54) is 7.05 Å². The van der Waals surface area contributed by atoms with Crippen molar-refractivity contribution in [2.45, 2.75) is 5.92 Å². The second-order valence-corrected chi connectivity index (χ2v) is 2.10. The zero-order valence-electron chi connectivity index (χ0n) is 6.03. The van der Waals surface area contributed by atoms with Gasteiger partial charge in [0.1, 0.15) is 0 Å². The average Bonchev–Trinajstić information content (AvgIpc) is 2.35. The number of carbonyl (C=O) groups is 1. The van der Waals surface area contributed by atoms with Crippen LogP contribution in [-0.4, -0.2) is 26.1 Å². The van der Waals surface area contributed by atoms with Crippen molar-refractivity contribution in [1.82, 2.24) is 15.0 Å². The van der Waals surface area contributed by atoms with Crippen molar-refractivity contribution in [3.05, 3.63) is 11.9 Å². The summed E-state index contributed by atoms with van der Waals surface area (Å²) >= 11 is 0. The summed E-state index contributed by atoms with van der Waals surface area (Å²) in [7, 11) is 1.32. The minimum atomic E-state index is -3.96. The highest BCUT2D eigenvalue weighted by Crippen LogP contribution is 2.25. The van der Waals surface area contributed by atoms with Crippen molar-refractivity contribution in [3.8, 4) is 0 Å². The number of carboxylic acids is 1. The van der Waals surface area contributed by atoms with E-state index in [2.05, 4.69) is 10.2 Å². The molecule has 1 aromatic rings. The van der Waals surface area contributed by atoms with E-state index in [1.807, 2.05) is 0 Å². The van der Waals surface area contributed by atoms with E-state index in [0.29, 0.717) is 6.20 Å². The Kier molecular flexibility index (Phi) is 1.79. The Morgan fingerprint density at radius 3 is 2.67 bits per heavy atom. The summed E-state index contributed by atoms with van der Waals surface area (Å²) in [4.78, 5) is 10.9. The molecule has 0 saturated heterocycles. The molecule has 0 atom stereocenters. The molecule has 0 radical (unpaired) electrons. The minimum absolute atomic E-state index is 0.716. The van der Waals surface area contributed by atoms with Gasteiger partial charge in [-0.1, -0.05) is 0 Å².